The Morgan fingerprint density at radius 2 is 1.47 bits per heavy atom. The molecule has 0 radical (unpaired) electrons. The Bertz CT molecular complexity index is 1080. The van der Waals surface area contributed by atoms with E-state index in [0.29, 0.717) is 16.9 Å². The van der Waals surface area contributed by atoms with Gasteiger partial charge < -0.3 is 21.3 Å². The second kappa shape index (κ2) is 10.8. The van der Waals surface area contributed by atoms with Gasteiger partial charge in [-0.15, -0.1) is 0 Å². The van der Waals surface area contributed by atoms with Crippen molar-refractivity contribution in [2.75, 3.05) is 22.5 Å². The van der Waals surface area contributed by atoms with Crippen molar-refractivity contribution in [2.24, 2.45) is 0 Å². The van der Waals surface area contributed by atoms with E-state index in [9.17, 15) is 14.4 Å². The van der Waals surface area contributed by atoms with E-state index in [1.807, 2.05) is 37.3 Å². The van der Waals surface area contributed by atoms with E-state index >= 15 is 0 Å². The summed E-state index contributed by atoms with van der Waals surface area (Å²) in [4.78, 5) is 36.0. The monoisotopic (exact) mass is 430 g/mol. The number of hydrogen-bond acceptors (Lipinski definition) is 4. The van der Waals surface area contributed by atoms with Gasteiger partial charge in [-0.1, -0.05) is 36.4 Å². The predicted octanol–water partition coefficient (Wildman–Crippen LogP) is 4.19. The first-order valence-electron chi connectivity index (χ1n) is 10.3. The third-order valence-electron chi connectivity index (χ3n) is 4.71. The molecular formula is C25H26N4O3. The van der Waals surface area contributed by atoms with Gasteiger partial charge in [0.2, 0.25) is 11.8 Å². The van der Waals surface area contributed by atoms with Gasteiger partial charge in [0, 0.05) is 29.5 Å². The van der Waals surface area contributed by atoms with Gasteiger partial charge in [-0.25, -0.2) is 0 Å². The largest absolute Gasteiger partial charge is 0.376 e. The van der Waals surface area contributed by atoms with Crippen LogP contribution in [0.1, 0.15) is 35.8 Å². The van der Waals surface area contributed by atoms with Crippen LogP contribution in [0.25, 0.3) is 0 Å². The summed E-state index contributed by atoms with van der Waals surface area (Å²) in [5.41, 5.74) is 3.45. The fraction of sp³-hybridized carbons (Fsp3) is 0.160. The predicted molar refractivity (Wildman–Crippen MR) is 127 cm³/mol. The summed E-state index contributed by atoms with van der Waals surface area (Å²) in [6, 6.07) is 23.4. The Morgan fingerprint density at radius 1 is 0.781 bits per heavy atom. The Morgan fingerprint density at radius 3 is 2.16 bits per heavy atom. The number of nitrogens with one attached hydrogen (secondary N) is 4. The van der Waals surface area contributed by atoms with Crippen LogP contribution in [0.2, 0.25) is 0 Å². The van der Waals surface area contributed by atoms with Gasteiger partial charge in [0.05, 0.1) is 12.6 Å². The van der Waals surface area contributed by atoms with Crippen LogP contribution >= 0.6 is 0 Å². The lowest BCUT2D eigenvalue weighted by Crippen LogP contribution is -2.27. The van der Waals surface area contributed by atoms with Crippen molar-refractivity contribution < 1.29 is 14.4 Å². The first-order valence-corrected chi connectivity index (χ1v) is 10.3. The zero-order valence-electron chi connectivity index (χ0n) is 18.0. The van der Waals surface area contributed by atoms with Crippen LogP contribution < -0.4 is 21.3 Å². The number of rotatable bonds is 8. The Kier molecular flexibility index (Phi) is 7.59. The number of benzene rings is 3. The van der Waals surface area contributed by atoms with Crippen molar-refractivity contribution in [3.8, 4) is 0 Å². The molecule has 0 aromatic heterocycles. The zero-order valence-corrected chi connectivity index (χ0v) is 18.0. The van der Waals surface area contributed by atoms with Crippen molar-refractivity contribution in [1.82, 2.24) is 5.32 Å². The Labute approximate surface area is 187 Å². The summed E-state index contributed by atoms with van der Waals surface area (Å²) in [6.45, 7) is 3.42. The molecule has 3 aromatic carbocycles. The second-order valence-electron chi connectivity index (χ2n) is 7.35. The molecule has 7 nitrogen and oxygen atoms in total. The average Bonchev–Trinajstić information content (AvgIpc) is 2.79. The molecule has 1 atom stereocenters. The molecule has 0 aliphatic heterocycles. The Hall–Kier alpha value is -4.13. The van der Waals surface area contributed by atoms with Gasteiger partial charge in [-0.05, 0) is 55.0 Å². The van der Waals surface area contributed by atoms with E-state index < -0.39 is 0 Å². The summed E-state index contributed by atoms with van der Waals surface area (Å²) in [5, 5.41) is 11.5. The van der Waals surface area contributed by atoms with Crippen molar-refractivity contribution >= 4 is 34.8 Å². The number of amides is 3. The first kappa shape index (κ1) is 22.6. The number of carbonyl (C=O) groups is 3. The van der Waals surface area contributed by atoms with Crippen LogP contribution in [0, 0.1) is 0 Å². The summed E-state index contributed by atoms with van der Waals surface area (Å²) < 4.78 is 0. The third kappa shape index (κ3) is 6.70. The number of hydrogen-bond donors (Lipinski definition) is 4. The number of carbonyl (C=O) groups excluding carboxylic acids is 3. The maximum atomic E-state index is 12.6. The molecule has 1 unspecified atom stereocenters. The molecule has 3 rings (SSSR count). The minimum Gasteiger partial charge on any atom is -0.376 e. The molecule has 0 aliphatic rings. The SMILES string of the molecule is CC(=O)Nc1ccc(NCC(=O)Nc2cccc(C(=O)NC(C)c3ccccc3)c2)cc1. The van der Waals surface area contributed by atoms with Crippen molar-refractivity contribution in [2.45, 2.75) is 19.9 Å². The molecule has 0 heterocycles. The molecule has 7 heteroatoms. The van der Waals surface area contributed by atoms with Crippen molar-refractivity contribution in [3.63, 3.8) is 0 Å². The molecule has 3 aromatic rings. The summed E-state index contributed by atoms with van der Waals surface area (Å²) in [5.74, 6) is -0.600. The molecule has 0 fully saturated rings. The van der Waals surface area contributed by atoms with Gasteiger partial charge >= 0.3 is 0 Å². The molecule has 0 saturated carbocycles. The highest BCUT2D eigenvalue weighted by atomic mass is 16.2. The maximum Gasteiger partial charge on any atom is 0.251 e. The highest BCUT2D eigenvalue weighted by Gasteiger charge is 2.12. The molecule has 3 amide bonds. The van der Waals surface area contributed by atoms with E-state index in [-0.39, 0.29) is 30.3 Å². The molecule has 4 N–H and O–H groups in total. The molecule has 0 saturated heterocycles. The van der Waals surface area contributed by atoms with Gasteiger partial charge in [0.25, 0.3) is 5.91 Å². The summed E-state index contributed by atoms with van der Waals surface area (Å²) in [6.07, 6.45) is 0. The van der Waals surface area contributed by atoms with Crippen LogP contribution in [0.5, 0.6) is 0 Å². The standard InChI is InChI=1S/C25H26N4O3/c1-17(19-7-4-3-5-8-19)27-25(32)20-9-6-10-23(15-20)29-24(31)16-26-21-11-13-22(14-12-21)28-18(2)30/h3-15,17,26H,16H2,1-2H3,(H,27,32)(H,28,30)(H,29,31). The highest BCUT2D eigenvalue weighted by Crippen LogP contribution is 2.16. The van der Waals surface area contributed by atoms with Crippen LogP contribution in [-0.2, 0) is 9.59 Å². The number of anilines is 3. The van der Waals surface area contributed by atoms with Crippen LogP contribution in [0.4, 0.5) is 17.1 Å². The molecular weight excluding hydrogens is 404 g/mol. The molecule has 0 aliphatic carbocycles. The van der Waals surface area contributed by atoms with Gasteiger partial charge in [-0.3, -0.25) is 14.4 Å². The van der Waals surface area contributed by atoms with E-state index in [0.717, 1.165) is 11.3 Å². The minimum atomic E-state index is -0.244. The van der Waals surface area contributed by atoms with Crippen LogP contribution in [0.3, 0.4) is 0 Å². The first-order chi connectivity index (χ1) is 15.4. The lowest BCUT2D eigenvalue weighted by molar-refractivity contribution is -0.115. The Balaban J connectivity index is 1.53. The lowest BCUT2D eigenvalue weighted by atomic mass is 10.1. The average molecular weight is 431 g/mol. The van der Waals surface area contributed by atoms with Crippen molar-refractivity contribution in [3.05, 3.63) is 90.0 Å². The quantitative estimate of drug-likeness (QED) is 0.431. The minimum absolute atomic E-state index is 0.0565. The normalized spacial score (nSPS) is 11.2. The lowest BCUT2D eigenvalue weighted by Gasteiger charge is -2.15. The van der Waals surface area contributed by atoms with E-state index in [4.69, 9.17) is 0 Å². The smallest absolute Gasteiger partial charge is 0.251 e. The van der Waals surface area contributed by atoms with Crippen LogP contribution in [-0.4, -0.2) is 24.3 Å². The maximum absolute atomic E-state index is 12.6. The molecule has 0 bridgehead atoms. The molecule has 32 heavy (non-hydrogen) atoms. The van der Waals surface area contributed by atoms with Crippen molar-refractivity contribution in [1.29, 1.82) is 0 Å². The van der Waals surface area contributed by atoms with Gasteiger partial charge in [0.1, 0.15) is 0 Å². The summed E-state index contributed by atoms with van der Waals surface area (Å²) in [7, 11) is 0. The van der Waals surface area contributed by atoms with Gasteiger partial charge in [0.15, 0.2) is 0 Å². The van der Waals surface area contributed by atoms with E-state index in [1.165, 1.54) is 6.92 Å². The second-order valence-corrected chi connectivity index (χ2v) is 7.35. The highest BCUT2D eigenvalue weighted by molar-refractivity contribution is 5.98. The fourth-order valence-corrected chi connectivity index (χ4v) is 3.11. The summed E-state index contributed by atoms with van der Waals surface area (Å²) >= 11 is 0. The van der Waals surface area contributed by atoms with Gasteiger partial charge in [-0.2, -0.15) is 0 Å². The molecule has 164 valence electrons. The third-order valence-corrected chi connectivity index (χ3v) is 4.71. The van der Waals surface area contributed by atoms with E-state index in [2.05, 4.69) is 21.3 Å². The molecule has 0 spiro atoms. The topological polar surface area (TPSA) is 99.3 Å². The zero-order chi connectivity index (χ0) is 22.9. The fourth-order valence-electron chi connectivity index (χ4n) is 3.11. The van der Waals surface area contributed by atoms with E-state index in [1.54, 1.807) is 48.5 Å². The van der Waals surface area contributed by atoms with Crippen LogP contribution in [0.15, 0.2) is 78.9 Å².